The summed E-state index contributed by atoms with van der Waals surface area (Å²) >= 11 is 0. The average Bonchev–Trinajstić information content (AvgIpc) is 2.60. The first-order valence-electron chi connectivity index (χ1n) is 5.76. The van der Waals surface area contributed by atoms with E-state index >= 15 is 0 Å². The Bertz CT molecular complexity index is 540. The van der Waals surface area contributed by atoms with Gasteiger partial charge in [-0.2, -0.15) is 5.10 Å². The first-order chi connectivity index (χ1) is 7.99. The van der Waals surface area contributed by atoms with Gasteiger partial charge in [-0.25, -0.2) is 4.98 Å². The van der Waals surface area contributed by atoms with Gasteiger partial charge in [0, 0.05) is 30.1 Å². The number of anilines is 1. The normalized spacial score (nSPS) is 11.1. The van der Waals surface area contributed by atoms with Crippen LogP contribution in [-0.4, -0.2) is 14.8 Å². The molecule has 4 heteroatoms. The predicted octanol–water partition coefficient (Wildman–Crippen LogP) is 2.50. The van der Waals surface area contributed by atoms with Crippen LogP contribution in [0, 0.1) is 6.92 Å². The van der Waals surface area contributed by atoms with E-state index in [9.17, 15) is 0 Å². The first kappa shape index (κ1) is 11.6. The van der Waals surface area contributed by atoms with Crippen LogP contribution in [0.1, 0.15) is 31.2 Å². The van der Waals surface area contributed by atoms with Gasteiger partial charge in [0.05, 0.1) is 5.69 Å². The lowest BCUT2D eigenvalue weighted by molar-refractivity contribution is 0.713. The van der Waals surface area contributed by atoms with Crippen molar-refractivity contribution in [2.24, 2.45) is 7.05 Å². The average molecular weight is 230 g/mol. The van der Waals surface area contributed by atoms with Crippen LogP contribution in [0.15, 0.2) is 18.3 Å². The van der Waals surface area contributed by atoms with E-state index in [1.165, 1.54) is 0 Å². The molecule has 2 N–H and O–H groups in total. The summed E-state index contributed by atoms with van der Waals surface area (Å²) in [6, 6.07) is 3.85. The maximum Gasteiger partial charge on any atom is 0.123 e. The highest BCUT2D eigenvalue weighted by Crippen LogP contribution is 2.29. The van der Waals surface area contributed by atoms with Crippen LogP contribution in [0.2, 0.25) is 0 Å². The van der Waals surface area contributed by atoms with Crippen LogP contribution < -0.4 is 5.73 Å². The monoisotopic (exact) mass is 230 g/mol. The third-order valence-corrected chi connectivity index (χ3v) is 2.80. The molecule has 0 bridgehead atoms. The highest BCUT2D eigenvalue weighted by molar-refractivity contribution is 5.69. The van der Waals surface area contributed by atoms with Crippen LogP contribution in [0.3, 0.4) is 0 Å². The first-order valence-corrected chi connectivity index (χ1v) is 5.76. The molecule has 2 heterocycles. The van der Waals surface area contributed by atoms with Crippen molar-refractivity contribution in [3.05, 3.63) is 29.7 Å². The number of nitrogens with zero attached hydrogens (tertiary/aromatic N) is 3. The predicted molar refractivity (Wildman–Crippen MR) is 69.7 cm³/mol. The second-order valence-electron chi connectivity index (χ2n) is 4.63. The molecular formula is C13H18N4. The Labute approximate surface area is 101 Å². The molecule has 0 aliphatic heterocycles. The molecule has 0 aromatic carbocycles. The molecule has 0 saturated heterocycles. The fraction of sp³-hybridized carbons (Fsp3) is 0.385. The number of rotatable bonds is 2. The molecule has 2 rings (SSSR count). The Hall–Kier alpha value is -1.84. The summed E-state index contributed by atoms with van der Waals surface area (Å²) in [5.74, 6) is 0.949. The summed E-state index contributed by atoms with van der Waals surface area (Å²) in [7, 11) is 1.94. The standard InChI is InChI=1S/C13H18N4/c1-8(2)13-11(7-17(4)16-13)10-5-6-12(14)15-9(10)3/h5-8H,1-4H3,(H2,14,15). The van der Waals surface area contributed by atoms with Crippen LogP contribution in [0.4, 0.5) is 5.82 Å². The largest absolute Gasteiger partial charge is 0.384 e. The minimum absolute atomic E-state index is 0.392. The number of aryl methyl sites for hydroxylation is 2. The molecular weight excluding hydrogens is 212 g/mol. The van der Waals surface area contributed by atoms with Gasteiger partial charge in [-0.3, -0.25) is 4.68 Å². The second-order valence-corrected chi connectivity index (χ2v) is 4.63. The Morgan fingerprint density at radius 2 is 1.94 bits per heavy atom. The van der Waals surface area contributed by atoms with E-state index in [0.717, 1.165) is 22.5 Å². The molecule has 2 aromatic rings. The Balaban J connectivity index is 2.59. The minimum Gasteiger partial charge on any atom is -0.384 e. The third-order valence-electron chi connectivity index (χ3n) is 2.80. The molecule has 0 aliphatic carbocycles. The highest BCUT2D eigenvalue weighted by Gasteiger charge is 2.15. The van der Waals surface area contributed by atoms with E-state index in [2.05, 4.69) is 23.9 Å². The molecule has 0 radical (unpaired) electrons. The van der Waals surface area contributed by atoms with Crippen LogP contribution in [0.5, 0.6) is 0 Å². The number of hydrogen-bond acceptors (Lipinski definition) is 3. The lowest BCUT2D eigenvalue weighted by Crippen LogP contribution is -1.97. The number of aromatic nitrogens is 3. The summed E-state index contributed by atoms with van der Waals surface area (Å²) in [6.45, 7) is 6.26. The van der Waals surface area contributed by atoms with E-state index in [4.69, 9.17) is 5.73 Å². The van der Waals surface area contributed by atoms with Crippen molar-refractivity contribution >= 4 is 5.82 Å². The van der Waals surface area contributed by atoms with Crippen molar-refractivity contribution in [3.63, 3.8) is 0 Å². The van der Waals surface area contributed by atoms with Gasteiger partial charge in [-0.15, -0.1) is 0 Å². The zero-order valence-corrected chi connectivity index (χ0v) is 10.7. The molecule has 0 fully saturated rings. The summed E-state index contributed by atoms with van der Waals surface area (Å²) in [5.41, 5.74) is 9.97. The molecule has 2 aromatic heterocycles. The van der Waals surface area contributed by atoms with Gasteiger partial charge in [0.1, 0.15) is 5.82 Å². The second kappa shape index (κ2) is 4.20. The van der Waals surface area contributed by atoms with E-state index in [-0.39, 0.29) is 0 Å². The fourth-order valence-electron chi connectivity index (χ4n) is 2.00. The van der Waals surface area contributed by atoms with Gasteiger partial charge in [0.2, 0.25) is 0 Å². The smallest absolute Gasteiger partial charge is 0.123 e. The Kier molecular flexibility index (Phi) is 2.88. The number of pyridine rings is 1. The maximum atomic E-state index is 5.68. The molecule has 0 spiro atoms. The molecule has 0 unspecified atom stereocenters. The number of nitrogen functional groups attached to an aromatic ring is 1. The quantitative estimate of drug-likeness (QED) is 0.862. The van der Waals surface area contributed by atoms with Gasteiger partial charge in [-0.1, -0.05) is 13.8 Å². The van der Waals surface area contributed by atoms with Gasteiger partial charge in [-0.05, 0) is 25.0 Å². The van der Waals surface area contributed by atoms with Crippen molar-refractivity contribution in [2.75, 3.05) is 5.73 Å². The molecule has 17 heavy (non-hydrogen) atoms. The molecule has 90 valence electrons. The SMILES string of the molecule is Cc1nc(N)ccc1-c1cn(C)nc1C(C)C. The Morgan fingerprint density at radius 3 is 2.53 bits per heavy atom. The van der Waals surface area contributed by atoms with E-state index in [1.807, 2.05) is 37.0 Å². The number of nitrogens with two attached hydrogens (primary N) is 1. The zero-order chi connectivity index (χ0) is 12.6. The van der Waals surface area contributed by atoms with Crippen LogP contribution in [-0.2, 0) is 7.05 Å². The molecule has 0 saturated carbocycles. The molecule has 4 nitrogen and oxygen atoms in total. The van der Waals surface area contributed by atoms with Crippen molar-refractivity contribution in [2.45, 2.75) is 26.7 Å². The van der Waals surface area contributed by atoms with Crippen molar-refractivity contribution < 1.29 is 0 Å². The summed E-state index contributed by atoms with van der Waals surface area (Å²) in [5, 5.41) is 4.51. The van der Waals surface area contributed by atoms with Crippen LogP contribution >= 0.6 is 0 Å². The zero-order valence-electron chi connectivity index (χ0n) is 10.7. The van der Waals surface area contributed by atoms with E-state index in [0.29, 0.717) is 11.7 Å². The highest BCUT2D eigenvalue weighted by atomic mass is 15.3. The van der Waals surface area contributed by atoms with Gasteiger partial charge in [0.25, 0.3) is 0 Å². The third kappa shape index (κ3) is 2.16. The lowest BCUT2D eigenvalue weighted by atomic mass is 9.99. The minimum atomic E-state index is 0.392. The van der Waals surface area contributed by atoms with Crippen LogP contribution in [0.25, 0.3) is 11.1 Å². The van der Waals surface area contributed by atoms with Gasteiger partial charge < -0.3 is 5.73 Å². The summed E-state index contributed by atoms with van der Waals surface area (Å²) < 4.78 is 1.85. The maximum absolute atomic E-state index is 5.68. The van der Waals surface area contributed by atoms with E-state index in [1.54, 1.807) is 0 Å². The lowest BCUT2D eigenvalue weighted by Gasteiger charge is -2.08. The van der Waals surface area contributed by atoms with Gasteiger partial charge >= 0.3 is 0 Å². The van der Waals surface area contributed by atoms with Gasteiger partial charge in [0.15, 0.2) is 0 Å². The molecule has 0 aliphatic rings. The topological polar surface area (TPSA) is 56.7 Å². The molecule has 0 amide bonds. The number of hydrogen-bond donors (Lipinski definition) is 1. The summed E-state index contributed by atoms with van der Waals surface area (Å²) in [4.78, 5) is 4.30. The summed E-state index contributed by atoms with van der Waals surface area (Å²) in [6.07, 6.45) is 2.04. The molecule has 0 atom stereocenters. The van der Waals surface area contributed by atoms with Crippen molar-refractivity contribution in [1.29, 1.82) is 0 Å². The van der Waals surface area contributed by atoms with Crippen molar-refractivity contribution in [3.8, 4) is 11.1 Å². The fourth-order valence-corrected chi connectivity index (χ4v) is 2.00. The van der Waals surface area contributed by atoms with Crippen molar-refractivity contribution in [1.82, 2.24) is 14.8 Å². The Morgan fingerprint density at radius 1 is 1.24 bits per heavy atom. The van der Waals surface area contributed by atoms with E-state index < -0.39 is 0 Å².